The number of aryl methyl sites for hydroxylation is 1. The minimum absolute atomic E-state index is 0.134. The van der Waals surface area contributed by atoms with E-state index >= 15 is 0 Å². The van der Waals surface area contributed by atoms with Crippen molar-refractivity contribution in [3.8, 4) is 0 Å². The van der Waals surface area contributed by atoms with Gasteiger partial charge in [-0.3, -0.25) is 24.5 Å². The summed E-state index contributed by atoms with van der Waals surface area (Å²) in [5.74, 6) is -1.95. The van der Waals surface area contributed by atoms with E-state index in [2.05, 4.69) is 16.0 Å². The van der Waals surface area contributed by atoms with Gasteiger partial charge in [-0.25, -0.2) is 4.79 Å². The predicted molar refractivity (Wildman–Crippen MR) is 196 cm³/mol. The number of anilines is 2. The number of amides is 3. The lowest BCUT2D eigenvalue weighted by Crippen LogP contribution is -2.30. The number of thiophene rings is 1. The van der Waals surface area contributed by atoms with E-state index in [1.165, 1.54) is 47.4 Å². The standard InChI is InChI=1S/C37H36N4O7S2/c1-3-30(35(44)40-36-32(37(45)48-4-2)27-18-9-11-20-31(27)50-36)49-26-17-12-16-25(22-26)38-34(43)28(39-33(42)23-13-6-5-7-14-23)21-24-15-8-10-19-29(24)41(46)47/h5-8,10,12-17,19,21-22,30H,3-4,9,11,18,20H2,1-2H3,(H,38,43)(H,39,42)(H,40,44)/b28-21+. The van der Waals surface area contributed by atoms with E-state index in [1.807, 2.05) is 13.0 Å². The molecule has 50 heavy (non-hydrogen) atoms. The Bertz CT molecular complexity index is 1940. The number of hydrogen-bond acceptors (Lipinski definition) is 9. The highest BCUT2D eigenvalue weighted by atomic mass is 32.2. The van der Waals surface area contributed by atoms with Crippen LogP contribution in [0.1, 0.15) is 69.8 Å². The molecule has 1 atom stereocenters. The van der Waals surface area contributed by atoms with Crippen LogP contribution in [-0.2, 0) is 27.2 Å². The van der Waals surface area contributed by atoms with Gasteiger partial charge in [-0.2, -0.15) is 0 Å². The average Bonchev–Trinajstić information content (AvgIpc) is 3.48. The maximum atomic E-state index is 13.6. The fourth-order valence-electron chi connectivity index (χ4n) is 5.47. The van der Waals surface area contributed by atoms with Gasteiger partial charge in [0.25, 0.3) is 17.5 Å². The van der Waals surface area contributed by atoms with Crippen molar-refractivity contribution in [1.29, 1.82) is 0 Å². The molecule has 5 rings (SSSR count). The van der Waals surface area contributed by atoms with Crippen molar-refractivity contribution >= 4 is 69.2 Å². The van der Waals surface area contributed by atoms with Gasteiger partial charge in [0.2, 0.25) is 5.91 Å². The summed E-state index contributed by atoms with van der Waals surface area (Å²) in [6.45, 7) is 3.88. The highest BCUT2D eigenvalue weighted by Gasteiger charge is 2.29. The van der Waals surface area contributed by atoms with Crippen LogP contribution >= 0.6 is 23.1 Å². The SMILES string of the molecule is CCOC(=O)c1c(NC(=O)C(CC)Sc2cccc(NC(=O)/C(=C\c3ccccc3[N+](=O)[O-])NC(=O)c3ccccc3)c2)sc2c1CCCC2. The minimum atomic E-state index is -0.701. The van der Waals surface area contributed by atoms with E-state index in [0.717, 1.165) is 36.1 Å². The van der Waals surface area contributed by atoms with Crippen LogP contribution in [0, 0.1) is 10.1 Å². The van der Waals surface area contributed by atoms with Crippen molar-refractivity contribution in [3.63, 3.8) is 0 Å². The van der Waals surface area contributed by atoms with E-state index in [1.54, 1.807) is 61.5 Å². The van der Waals surface area contributed by atoms with Gasteiger partial charge in [0.1, 0.15) is 10.7 Å². The smallest absolute Gasteiger partial charge is 0.341 e. The van der Waals surface area contributed by atoms with Crippen LogP contribution in [0.5, 0.6) is 0 Å². The van der Waals surface area contributed by atoms with Crippen LogP contribution in [0.25, 0.3) is 6.08 Å². The Kier molecular flexibility index (Phi) is 12.2. The fourth-order valence-corrected chi connectivity index (χ4v) is 7.77. The molecule has 1 aliphatic rings. The Balaban J connectivity index is 1.34. The quantitative estimate of drug-likeness (QED) is 0.0420. The first-order valence-electron chi connectivity index (χ1n) is 16.2. The lowest BCUT2D eigenvalue weighted by atomic mass is 9.95. The molecule has 0 aliphatic heterocycles. The minimum Gasteiger partial charge on any atom is -0.462 e. The number of nitrogens with zero attached hydrogens (tertiary/aromatic N) is 1. The summed E-state index contributed by atoms with van der Waals surface area (Å²) in [6.07, 6.45) is 5.40. The van der Waals surface area contributed by atoms with Crippen LogP contribution in [0.2, 0.25) is 0 Å². The third-order valence-corrected chi connectivity index (χ3v) is 10.4. The molecule has 0 fully saturated rings. The van der Waals surface area contributed by atoms with E-state index in [4.69, 9.17) is 4.74 Å². The maximum absolute atomic E-state index is 13.6. The lowest BCUT2D eigenvalue weighted by molar-refractivity contribution is -0.385. The van der Waals surface area contributed by atoms with Gasteiger partial charge in [0.05, 0.1) is 27.9 Å². The Labute approximate surface area is 297 Å². The topological polar surface area (TPSA) is 157 Å². The molecule has 1 aromatic heterocycles. The van der Waals surface area contributed by atoms with Gasteiger partial charge in [0, 0.05) is 27.1 Å². The van der Waals surface area contributed by atoms with Crippen LogP contribution in [-0.4, -0.2) is 40.5 Å². The molecule has 3 aromatic carbocycles. The average molecular weight is 713 g/mol. The molecule has 0 spiro atoms. The molecule has 13 heteroatoms. The van der Waals surface area contributed by atoms with E-state index in [-0.39, 0.29) is 29.5 Å². The molecule has 0 radical (unpaired) electrons. The van der Waals surface area contributed by atoms with Crippen LogP contribution in [0.15, 0.2) is 89.5 Å². The Morgan fingerprint density at radius 2 is 1.70 bits per heavy atom. The summed E-state index contributed by atoms with van der Waals surface area (Å²) in [5.41, 5.74) is 1.80. The molecule has 3 amide bonds. The number of thioether (sulfide) groups is 1. The molecule has 11 nitrogen and oxygen atoms in total. The Morgan fingerprint density at radius 1 is 0.960 bits per heavy atom. The number of hydrogen-bond donors (Lipinski definition) is 3. The second-order valence-electron chi connectivity index (χ2n) is 11.3. The van der Waals surface area contributed by atoms with Gasteiger partial charge >= 0.3 is 5.97 Å². The van der Waals surface area contributed by atoms with Gasteiger partial charge in [-0.1, -0.05) is 43.3 Å². The molecule has 0 saturated carbocycles. The number of benzene rings is 3. The summed E-state index contributed by atoms with van der Waals surface area (Å²) < 4.78 is 5.33. The first-order chi connectivity index (χ1) is 24.2. The number of esters is 1. The zero-order valence-corrected chi connectivity index (χ0v) is 29.2. The third-order valence-electron chi connectivity index (χ3n) is 7.88. The summed E-state index contributed by atoms with van der Waals surface area (Å²) >= 11 is 2.74. The lowest BCUT2D eigenvalue weighted by Gasteiger charge is -2.16. The molecule has 1 unspecified atom stereocenters. The second-order valence-corrected chi connectivity index (χ2v) is 13.7. The first-order valence-corrected chi connectivity index (χ1v) is 17.9. The van der Waals surface area contributed by atoms with Crippen molar-refractivity contribution in [3.05, 3.63) is 122 Å². The van der Waals surface area contributed by atoms with Crippen molar-refractivity contribution in [2.75, 3.05) is 17.2 Å². The molecular weight excluding hydrogens is 677 g/mol. The monoisotopic (exact) mass is 712 g/mol. The van der Waals surface area contributed by atoms with Crippen LogP contribution in [0.3, 0.4) is 0 Å². The number of rotatable bonds is 13. The van der Waals surface area contributed by atoms with Gasteiger partial charge in [-0.05, 0) is 87.1 Å². The molecule has 258 valence electrons. The van der Waals surface area contributed by atoms with Gasteiger partial charge < -0.3 is 20.7 Å². The number of nitro groups is 1. The maximum Gasteiger partial charge on any atom is 0.341 e. The van der Waals surface area contributed by atoms with Crippen LogP contribution in [0.4, 0.5) is 16.4 Å². The summed E-state index contributed by atoms with van der Waals surface area (Å²) in [6, 6.07) is 21.1. The molecule has 1 heterocycles. The van der Waals surface area contributed by atoms with E-state index < -0.39 is 28.0 Å². The molecule has 3 N–H and O–H groups in total. The van der Waals surface area contributed by atoms with Crippen molar-refractivity contribution in [2.45, 2.75) is 56.1 Å². The molecular formula is C37H36N4O7S2. The van der Waals surface area contributed by atoms with Crippen molar-refractivity contribution < 1.29 is 28.8 Å². The van der Waals surface area contributed by atoms with Crippen LogP contribution < -0.4 is 16.0 Å². The van der Waals surface area contributed by atoms with E-state index in [9.17, 15) is 29.3 Å². The Morgan fingerprint density at radius 3 is 2.44 bits per heavy atom. The normalized spacial score (nSPS) is 13.0. The number of ether oxygens (including phenoxy) is 1. The molecule has 4 aromatic rings. The number of carbonyl (C=O) groups excluding carboxylic acids is 4. The number of carbonyl (C=O) groups is 4. The van der Waals surface area contributed by atoms with Gasteiger partial charge in [0.15, 0.2) is 0 Å². The number of para-hydroxylation sites is 1. The van der Waals surface area contributed by atoms with Crippen molar-refractivity contribution in [1.82, 2.24) is 5.32 Å². The second kappa shape index (κ2) is 16.9. The van der Waals surface area contributed by atoms with Gasteiger partial charge in [-0.15, -0.1) is 23.1 Å². The van der Waals surface area contributed by atoms with E-state index in [0.29, 0.717) is 33.1 Å². The summed E-state index contributed by atoms with van der Waals surface area (Å²) in [7, 11) is 0. The first kappa shape index (κ1) is 36.0. The third kappa shape index (κ3) is 8.84. The summed E-state index contributed by atoms with van der Waals surface area (Å²) in [4.78, 5) is 66.0. The Hall–Kier alpha value is -5.27. The molecule has 0 bridgehead atoms. The highest BCUT2D eigenvalue weighted by Crippen LogP contribution is 2.39. The molecule has 1 aliphatic carbocycles. The number of nitrogens with one attached hydrogen (secondary N) is 3. The highest BCUT2D eigenvalue weighted by molar-refractivity contribution is 8.00. The zero-order chi connectivity index (χ0) is 35.6. The fraction of sp³-hybridized carbons (Fsp3) is 0.243. The zero-order valence-electron chi connectivity index (χ0n) is 27.5. The molecule has 0 saturated heterocycles. The summed E-state index contributed by atoms with van der Waals surface area (Å²) in [5, 5.41) is 20.0. The number of fused-ring (bicyclic) bond motifs is 1. The predicted octanol–water partition coefficient (Wildman–Crippen LogP) is 7.63. The number of nitro benzene ring substituents is 1. The van der Waals surface area contributed by atoms with Crippen molar-refractivity contribution in [2.24, 2.45) is 0 Å². The largest absolute Gasteiger partial charge is 0.462 e.